The topological polar surface area (TPSA) is 55.8 Å². The predicted molar refractivity (Wildman–Crippen MR) is 92.5 cm³/mol. The molecule has 124 valence electrons. The lowest BCUT2D eigenvalue weighted by atomic mass is 9.85. The lowest BCUT2D eigenvalue weighted by Gasteiger charge is -2.22. The zero-order valence-corrected chi connectivity index (χ0v) is 14.6. The standard InChI is InChI=1S/C18H22O4S/c1-13(22-23(19)20)21-17-11-10-15(18(2,3)4)12-16(17)14-8-6-5-7-9-14/h5-13H,1-4H3,(H,19,20). The smallest absolute Gasteiger partial charge is 0.305 e. The van der Waals surface area contributed by atoms with Crippen molar-refractivity contribution in [1.29, 1.82) is 0 Å². The van der Waals surface area contributed by atoms with Gasteiger partial charge in [-0.15, -0.1) is 0 Å². The molecule has 2 rings (SSSR count). The zero-order chi connectivity index (χ0) is 17.0. The molecule has 2 aromatic carbocycles. The first-order valence-corrected chi connectivity index (χ1v) is 8.45. The van der Waals surface area contributed by atoms with E-state index in [1.165, 1.54) is 5.56 Å². The van der Waals surface area contributed by atoms with E-state index >= 15 is 0 Å². The monoisotopic (exact) mass is 334 g/mol. The summed E-state index contributed by atoms with van der Waals surface area (Å²) in [5.41, 5.74) is 3.14. The molecule has 0 aromatic heterocycles. The van der Waals surface area contributed by atoms with E-state index < -0.39 is 17.7 Å². The summed E-state index contributed by atoms with van der Waals surface area (Å²) in [6.45, 7) is 8.04. The van der Waals surface area contributed by atoms with Gasteiger partial charge in [0.2, 0.25) is 6.29 Å². The summed E-state index contributed by atoms with van der Waals surface area (Å²) in [5, 5.41) is 0. The van der Waals surface area contributed by atoms with Gasteiger partial charge in [-0.1, -0.05) is 57.2 Å². The van der Waals surface area contributed by atoms with E-state index in [1.807, 2.05) is 42.5 Å². The minimum absolute atomic E-state index is 0.0107. The van der Waals surface area contributed by atoms with Gasteiger partial charge < -0.3 is 4.74 Å². The Morgan fingerprint density at radius 1 is 1.09 bits per heavy atom. The quantitative estimate of drug-likeness (QED) is 0.645. The van der Waals surface area contributed by atoms with E-state index in [0.717, 1.165) is 11.1 Å². The van der Waals surface area contributed by atoms with Crippen molar-refractivity contribution < 1.29 is 17.7 Å². The summed E-state index contributed by atoms with van der Waals surface area (Å²) in [6, 6.07) is 15.9. The van der Waals surface area contributed by atoms with Gasteiger partial charge in [-0.3, -0.25) is 4.55 Å². The van der Waals surface area contributed by atoms with Gasteiger partial charge in [0.05, 0.1) is 0 Å². The summed E-state index contributed by atoms with van der Waals surface area (Å²) in [7, 11) is 0. The predicted octanol–water partition coefficient (Wildman–Crippen LogP) is 4.53. The van der Waals surface area contributed by atoms with Crippen LogP contribution >= 0.6 is 0 Å². The van der Waals surface area contributed by atoms with Gasteiger partial charge in [0.15, 0.2) is 0 Å². The normalized spacial score (nSPS) is 14.3. The highest BCUT2D eigenvalue weighted by atomic mass is 32.2. The van der Waals surface area contributed by atoms with E-state index in [9.17, 15) is 4.21 Å². The van der Waals surface area contributed by atoms with Crippen LogP contribution in [0, 0.1) is 0 Å². The van der Waals surface area contributed by atoms with Crippen molar-refractivity contribution in [3.63, 3.8) is 0 Å². The average molecular weight is 334 g/mol. The number of ether oxygens (including phenoxy) is 1. The van der Waals surface area contributed by atoms with E-state index in [4.69, 9.17) is 13.5 Å². The summed E-state index contributed by atoms with van der Waals surface area (Å²) in [5.74, 6) is 0.613. The fraction of sp³-hybridized carbons (Fsp3) is 0.333. The van der Waals surface area contributed by atoms with Crippen molar-refractivity contribution in [2.24, 2.45) is 0 Å². The molecule has 0 heterocycles. The molecule has 5 heteroatoms. The molecule has 0 fully saturated rings. The van der Waals surface area contributed by atoms with Gasteiger partial charge in [0.1, 0.15) is 5.75 Å². The Morgan fingerprint density at radius 3 is 2.30 bits per heavy atom. The van der Waals surface area contributed by atoms with Crippen LogP contribution in [0.1, 0.15) is 33.3 Å². The Balaban J connectivity index is 2.43. The fourth-order valence-electron chi connectivity index (χ4n) is 2.26. The van der Waals surface area contributed by atoms with E-state index in [0.29, 0.717) is 5.75 Å². The lowest BCUT2D eigenvalue weighted by molar-refractivity contribution is 0.0272. The second-order valence-corrected chi connectivity index (χ2v) is 6.95. The van der Waals surface area contributed by atoms with Crippen LogP contribution in [0.25, 0.3) is 11.1 Å². The summed E-state index contributed by atoms with van der Waals surface area (Å²) in [6.07, 6.45) is -0.830. The first-order valence-electron chi connectivity index (χ1n) is 7.42. The maximum atomic E-state index is 10.7. The molecule has 23 heavy (non-hydrogen) atoms. The van der Waals surface area contributed by atoms with Crippen molar-refractivity contribution >= 4 is 11.4 Å². The molecule has 0 aliphatic rings. The summed E-state index contributed by atoms with van der Waals surface area (Å²) < 4.78 is 30.0. The van der Waals surface area contributed by atoms with Crippen molar-refractivity contribution in [2.75, 3.05) is 0 Å². The van der Waals surface area contributed by atoms with Crippen LogP contribution in [0.5, 0.6) is 5.75 Å². The third-order valence-corrected chi connectivity index (χ3v) is 3.88. The second kappa shape index (κ2) is 7.25. The summed E-state index contributed by atoms with van der Waals surface area (Å²) >= 11 is -2.36. The van der Waals surface area contributed by atoms with Crippen molar-refractivity contribution in [1.82, 2.24) is 0 Å². The van der Waals surface area contributed by atoms with Gasteiger partial charge in [-0.05, 0) is 35.6 Å². The molecule has 0 saturated carbocycles. The Kier molecular flexibility index (Phi) is 5.57. The van der Waals surface area contributed by atoms with Gasteiger partial charge >= 0.3 is 11.4 Å². The van der Waals surface area contributed by atoms with Crippen molar-refractivity contribution in [3.8, 4) is 16.9 Å². The molecule has 0 bridgehead atoms. The molecule has 0 amide bonds. The summed E-state index contributed by atoms with van der Waals surface area (Å²) in [4.78, 5) is 0. The van der Waals surface area contributed by atoms with Crippen LogP contribution in [0.4, 0.5) is 0 Å². The van der Waals surface area contributed by atoms with Crippen LogP contribution < -0.4 is 4.74 Å². The molecule has 2 atom stereocenters. The first kappa shape index (κ1) is 17.7. The number of hydrogen-bond acceptors (Lipinski definition) is 3. The molecule has 0 spiro atoms. The van der Waals surface area contributed by atoms with Crippen molar-refractivity contribution in [2.45, 2.75) is 39.4 Å². The SMILES string of the molecule is CC(Oc1ccc(C(C)(C)C)cc1-c1ccccc1)OS(=O)O. The highest BCUT2D eigenvalue weighted by Gasteiger charge is 2.18. The van der Waals surface area contributed by atoms with Gasteiger partial charge in [-0.2, -0.15) is 4.21 Å². The third kappa shape index (κ3) is 4.89. The van der Waals surface area contributed by atoms with Crippen LogP contribution in [0.3, 0.4) is 0 Å². The number of rotatable bonds is 5. The Morgan fingerprint density at radius 2 is 1.74 bits per heavy atom. The third-order valence-electron chi connectivity index (χ3n) is 3.44. The van der Waals surface area contributed by atoms with Crippen LogP contribution in [-0.2, 0) is 21.0 Å². The molecule has 0 aliphatic carbocycles. The second-order valence-electron chi connectivity index (χ2n) is 6.33. The van der Waals surface area contributed by atoms with E-state index in [1.54, 1.807) is 6.92 Å². The molecular weight excluding hydrogens is 312 g/mol. The van der Waals surface area contributed by atoms with Gasteiger partial charge in [0.25, 0.3) is 0 Å². The molecule has 0 radical (unpaired) electrons. The van der Waals surface area contributed by atoms with Crippen LogP contribution in [0.15, 0.2) is 48.5 Å². The van der Waals surface area contributed by atoms with Gasteiger partial charge in [0, 0.05) is 5.56 Å². The number of hydrogen-bond donors (Lipinski definition) is 1. The lowest BCUT2D eigenvalue weighted by Crippen LogP contribution is -2.18. The van der Waals surface area contributed by atoms with Gasteiger partial charge in [-0.25, -0.2) is 4.18 Å². The van der Waals surface area contributed by atoms with Crippen molar-refractivity contribution in [3.05, 3.63) is 54.1 Å². The fourth-order valence-corrected chi connectivity index (χ4v) is 2.53. The highest BCUT2D eigenvalue weighted by Crippen LogP contribution is 2.35. The Labute approximate surface area is 139 Å². The first-order chi connectivity index (χ1) is 10.8. The van der Waals surface area contributed by atoms with Crippen LogP contribution in [0.2, 0.25) is 0 Å². The minimum atomic E-state index is -2.36. The Hall–Kier alpha value is -1.69. The van der Waals surface area contributed by atoms with Crippen LogP contribution in [-0.4, -0.2) is 15.1 Å². The number of benzene rings is 2. The largest absolute Gasteiger partial charge is 0.463 e. The maximum Gasteiger partial charge on any atom is 0.305 e. The molecule has 0 aliphatic heterocycles. The molecule has 1 N–H and O–H groups in total. The highest BCUT2D eigenvalue weighted by molar-refractivity contribution is 7.74. The molecule has 0 saturated heterocycles. The van der Waals surface area contributed by atoms with E-state index in [-0.39, 0.29) is 5.41 Å². The average Bonchev–Trinajstić information content (AvgIpc) is 2.46. The molecule has 2 aromatic rings. The molecule has 2 unspecified atom stereocenters. The molecule has 4 nitrogen and oxygen atoms in total. The minimum Gasteiger partial charge on any atom is -0.463 e. The zero-order valence-electron chi connectivity index (χ0n) is 13.8. The Bertz CT molecular complexity index is 677. The maximum absolute atomic E-state index is 10.7. The molecular formula is C18H22O4S. The van der Waals surface area contributed by atoms with E-state index in [2.05, 4.69) is 26.8 Å².